The smallest absolute Gasteiger partial charge is 0.265 e. The number of thioether (sulfide) groups is 1. The fourth-order valence-electron chi connectivity index (χ4n) is 3.46. The van der Waals surface area contributed by atoms with Crippen molar-refractivity contribution in [1.29, 1.82) is 0 Å². The van der Waals surface area contributed by atoms with Gasteiger partial charge in [-0.15, -0.1) is 0 Å². The second kappa shape index (κ2) is 7.55. The maximum Gasteiger partial charge on any atom is 0.265 e. The first-order valence-corrected chi connectivity index (χ1v) is 10.4. The molecule has 0 radical (unpaired) electrons. The van der Waals surface area contributed by atoms with E-state index in [1.165, 1.54) is 11.8 Å². The van der Waals surface area contributed by atoms with E-state index in [9.17, 15) is 9.59 Å². The van der Waals surface area contributed by atoms with Crippen molar-refractivity contribution < 1.29 is 14.3 Å². The first kappa shape index (κ1) is 18.8. The molecule has 5 rings (SSSR count). The molecule has 148 valence electrons. The molecule has 3 aromatic rings. The number of hydrogen-bond donors (Lipinski definition) is 1. The van der Waals surface area contributed by atoms with Gasteiger partial charge < -0.3 is 15.0 Å². The number of hydrogen-bond acceptors (Lipinski definition) is 6. The molecule has 0 unspecified atom stereocenters. The number of nitrogens with zero attached hydrogens (tertiary/aromatic N) is 2. The van der Waals surface area contributed by atoms with Crippen molar-refractivity contribution >= 4 is 62.8 Å². The first-order chi connectivity index (χ1) is 14.6. The molecule has 0 atom stereocenters. The van der Waals surface area contributed by atoms with Gasteiger partial charge in [0.1, 0.15) is 10.1 Å². The van der Waals surface area contributed by atoms with Gasteiger partial charge in [0, 0.05) is 11.6 Å². The van der Waals surface area contributed by atoms with Crippen LogP contribution in [-0.4, -0.2) is 27.7 Å². The van der Waals surface area contributed by atoms with Gasteiger partial charge in [0.2, 0.25) is 0 Å². The Morgan fingerprint density at radius 3 is 2.93 bits per heavy atom. The maximum atomic E-state index is 12.7. The van der Waals surface area contributed by atoms with Crippen molar-refractivity contribution in [3.63, 3.8) is 0 Å². The molecule has 1 aromatic heterocycles. The summed E-state index contributed by atoms with van der Waals surface area (Å²) in [7, 11) is 0. The van der Waals surface area contributed by atoms with Gasteiger partial charge in [-0.1, -0.05) is 42.2 Å². The molecular weight excluding hydrogens is 418 g/mol. The molecule has 2 aromatic carbocycles. The molecule has 2 amide bonds. The van der Waals surface area contributed by atoms with Crippen LogP contribution in [0.15, 0.2) is 59.6 Å². The van der Waals surface area contributed by atoms with E-state index in [4.69, 9.17) is 17.0 Å². The number of fused-ring (bicyclic) bond motifs is 2. The first-order valence-electron chi connectivity index (χ1n) is 9.22. The van der Waals surface area contributed by atoms with E-state index >= 15 is 0 Å². The summed E-state index contributed by atoms with van der Waals surface area (Å²) in [4.78, 5) is 31.2. The second-order valence-electron chi connectivity index (χ2n) is 6.88. The van der Waals surface area contributed by atoms with E-state index in [0.717, 1.165) is 22.0 Å². The third-order valence-electron chi connectivity index (χ3n) is 4.87. The molecule has 8 heteroatoms. The number of benzene rings is 2. The Hall–Kier alpha value is -3.23. The van der Waals surface area contributed by atoms with Crippen molar-refractivity contribution in [1.82, 2.24) is 10.3 Å². The monoisotopic (exact) mass is 433 g/mol. The fraction of sp³-hybridized carbons (Fsp3) is 0.0909. The average Bonchev–Trinajstić information content (AvgIpc) is 3.06. The lowest BCUT2D eigenvalue weighted by Gasteiger charge is -2.30. The molecule has 3 heterocycles. The highest BCUT2D eigenvalue weighted by Gasteiger charge is 2.27. The van der Waals surface area contributed by atoms with Gasteiger partial charge in [0.25, 0.3) is 11.8 Å². The zero-order valence-corrected chi connectivity index (χ0v) is 17.3. The molecule has 1 fully saturated rings. The van der Waals surface area contributed by atoms with E-state index in [-0.39, 0.29) is 18.4 Å². The van der Waals surface area contributed by atoms with Crippen LogP contribution in [0, 0.1) is 0 Å². The third-order valence-corrected chi connectivity index (χ3v) is 6.04. The Bertz CT molecular complexity index is 1260. The lowest BCUT2D eigenvalue weighted by Crippen LogP contribution is -2.38. The second-order valence-corrected chi connectivity index (χ2v) is 8.60. The summed E-state index contributed by atoms with van der Waals surface area (Å²) in [5.74, 6) is 0.308. The van der Waals surface area contributed by atoms with Gasteiger partial charge in [0.15, 0.2) is 6.61 Å². The number of pyridine rings is 1. The van der Waals surface area contributed by atoms with E-state index in [1.807, 2.05) is 48.5 Å². The lowest BCUT2D eigenvalue weighted by molar-refractivity contribution is -0.121. The topological polar surface area (TPSA) is 71.5 Å². The lowest BCUT2D eigenvalue weighted by atomic mass is 10.1. The molecule has 0 saturated carbocycles. The van der Waals surface area contributed by atoms with Gasteiger partial charge in [-0.05, 0) is 47.5 Å². The summed E-state index contributed by atoms with van der Waals surface area (Å²) in [6, 6.07) is 15.4. The molecule has 30 heavy (non-hydrogen) atoms. The van der Waals surface area contributed by atoms with E-state index in [0.29, 0.717) is 27.2 Å². The number of anilines is 1. The molecule has 1 N–H and O–H groups in total. The Kier molecular flexibility index (Phi) is 4.72. The summed E-state index contributed by atoms with van der Waals surface area (Å²) >= 11 is 6.27. The molecular formula is C22H15N3O3S2. The number of carbonyl (C=O) groups excluding carboxylic acids is 2. The Balaban J connectivity index is 1.49. The minimum atomic E-state index is -0.211. The standard InChI is InChI=1S/C22H15N3O3S2/c26-20-12-28-18-6-4-13(10-19-21(27)24-22(29)30-19)9-17(18)25(20)11-14-3-5-16-15(8-14)2-1-7-23-16/h1-10H,11-12H2,(H,24,27,29). The zero-order valence-electron chi connectivity index (χ0n) is 15.6. The summed E-state index contributed by atoms with van der Waals surface area (Å²) in [6.45, 7) is 0.411. The molecule has 2 aliphatic heterocycles. The molecule has 6 nitrogen and oxygen atoms in total. The predicted molar refractivity (Wildman–Crippen MR) is 121 cm³/mol. The number of rotatable bonds is 3. The van der Waals surface area contributed by atoms with Crippen molar-refractivity contribution in [2.45, 2.75) is 6.54 Å². The highest BCUT2D eigenvalue weighted by molar-refractivity contribution is 8.26. The zero-order chi connectivity index (χ0) is 20.7. The Morgan fingerprint density at radius 2 is 2.10 bits per heavy atom. The van der Waals surface area contributed by atoms with Gasteiger partial charge in [-0.25, -0.2) is 0 Å². The third kappa shape index (κ3) is 3.55. The van der Waals surface area contributed by atoms with Crippen LogP contribution in [0.3, 0.4) is 0 Å². The molecule has 0 aliphatic carbocycles. The summed E-state index contributed by atoms with van der Waals surface area (Å²) in [5.41, 5.74) is 3.38. The van der Waals surface area contributed by atoms with Crippen LogP contribution in [0.5, 0.6) is 5.75 Å². The number of aromatic nitrogens is 1. The van der Waals surface area contributed by atoms with Crippen LogP contribution in [0.4, 0.5) is 5.69 Å². The van der Waals surface area contributed by atoms with Crippen molar-refractivity contribution in [3.05, 3.63) is 70.8 Å². The average molecular weight is 434 g/mol. The number of ether oxygens (including phenoxy) is 1. The van der Waals surface area contributed by atoms with Crippen LogP contribution in [-0.2, 0) is 16.1 Å². The van der Waals surface area contributed by atoms with Crippen LogP contribution in [0.25, 0.3) is 17.0 Å². The summed E-state index contributed by atoms with van der Waals surface area (Å²) in [5, 5.41) is 3.63. The maximum absolute atomic E-state index is 12.7. The predicted octanol–water partition coefficient (Wildman–Crippen LogP) is 3.65. The molecule has 0 bridgehead atoms. The fourth-order valence-corrected chi connectivity index (χ4v) is 4.50. The van der Waals surface area contributed by atoms with Crippen LogP contribution >= 0.6 is 24.0 Å². The SMILES string of the molecule is O=C1NC(=S)SC1=Cc1ccc2c(c1)N(Cc1ccc3ncccc3c1)C(=O)CO2. The number of amides is 2. The summed E-state index contributed by atoms with van der Waals surface area (Å²) < 4.78 is 6.05. The van der Waals surface area contributed by atoms with E-state index in [2.05, 4.69) is 10.3 Å². The summed E-state index contributed by atoms with van der Waals surface area (Å²) in [6.07, 6.45) is 3.52. The normalized spacial score (nSPS) is 17.3. The number of thiocarbonyl (C=S) groups is 1. The Labute approximate surface area is 181 Å². The van der Waals surface area contributed by atoms with Crippen molar-refractivity contribution in [3.8, 4) is 5.75 Å². The minimum absolute atomic E-state index is 0.00486. The number of nitrogens with one attached hydrogen (secondary N) is 1. The van der Waals surface area contributed by atoms with Gasteiger partial charge in [0.05, 0.1) is 22.7 Å². The van der Waals surface area contributed by atoms with Gasteiger partial charge >= 0.3 is 0 Å². The Morgan fingerprint density at radius 1 is 1.20 bits per heavy atom. The van der Waals surface area contributed by atoms with Crippen LogP contribution in [0.2, 0.25) is 0 Å². The molecule has 1 saturated heterocycles. The van der Waals surface area contributed by atoms with E-state index in [1.54, 1.807) is 17.2 Å². The van der Waals surface area contributed by atoms with Crippen molar-refractivity contribution in [2.75, 3.05) is 11.5 Å². The highest BCUT2D eigenvalue weighted by Crippen LogP contribution is 2.36. The van der Waals surface area contributed by atoms with Crippen LogP contribution in [0.1, 0.15) is 11.1 Å². The number of carbonyl (C=O) groups is 2. The largest absolute Gasteiger partial charge is 0.482 e. The van der Waals surface area contributed by atoms with Crippen molar-refractivity contribution in [2.24, 2.45) is 0 Å². The van der Waals surface area contributed by atoms with Crippen LogP contribution < -0.4 is 15.0 Å². The van der Waals surface area contributed by atoms with Gasteiger partial charge in [-0.2, -0.15) is 0 Å². The van der Waals surface area contributed by atoms with Gasteiger partial charge in [-0.3, -0.25) is 14.6 Å². The molecule has 0 spiro atoms. The molecule has 2 aliphatic rings. The van der Waals surface area contributed by atoms with E-state index < -0.39 is 0 Å². The highest BCUT2D eigenvalue weighted by atomic mass is 32.2. The minimum Gasteiger partial charge on any atom is -0.482 e. The quantitative estimate of drug-likeness (QED) is 0.502.